The minimum atomic E-state index is -3.68. The molecule has 0 aliphatic carbocycles. The molecule has 0 atom stereocenters. The van der Waals surface area contributed by atoms with Gasteiger partial charge >= 0.3 is 10.1 Å². The molecule has 0 radical (unpaired) electrons. The zero-order valence-corrected chi connectivity index (χ0v) is 18.9. The number of aromatic nitrogens is 1. The molecule has 0 spiro atoms. The Hall–Kier alpha value is -2.84. The highest BCUT2D eigenvalue weighted by Gasteiger charge is 2.29. The molecule has 0 bridgehead atoms. The molecule has 2 N–H and O–H groups in total. The Morgan fingerprint density at radius 3 is 2.66 bits per heavy atom. The summed E-state index contributed by atoms with van der Waals surface area (Å²) in [5.41, 5.74) is 4.89. The Balaban J connectivity index is 1.49. The lowest BCUT2D eigenvalue weighted by molar-refractivity contribution is 0.0966. The van der Waals surface area contributed by atoms with Gasteiger partial charge in [0.2, 0.25) is 0 Å². The minimum absolute atomic E-state index is 0.132. The molecule has 3 aromatic rings. The van der Waals surface area contributed by atoms with Gasteiger partial charge in [0, 0.05) is 40.8 Å². The molecule has 2 aromatic carbocycles. The highest BCUT2D eigenvalue weighted by Crippen LogP contribution is 2.36. The van der Waals surface area contributed by atoms with Gasteiger partial charge in [-0.1, -0.05) is 12.5 Å². The van der Waals surface area contributed by atoms with Crippen LogP contribution in [0.1, 0.15) is 47.7 Å². The number of piperidine rings is 1. The van der Waals surface area contributed by atoms with Gasteiger partial charge in [-0.3, -0.25) is 9.69 Å². The van der Waals surface area contributed by atoms with E-state index < -0.39 is 10.1 Å². The van der Waals surface area contributed by atoms with Crippen LogP contribution in [0.4, 0.5) is 0 Å². The number of hydrogen-bond acceptors (Lipinski definition) is 5. The number of nitrogens with one attached hydrogen (secondary N) is 2. The average molecular weight is 454 g/mol. The summed E-state index contributed by atoms with van der Waals surface area (Å²) >= 11 is 0. The second kappa shape index (κ2) is 8.26. The van der Waals surface area contributed by atoms with Gasteiger partial charge in [0.05, 0.1) is 11.3 Å². The quantitative estimate of drug-likeness (QED) is 0.554. The number of hydrogen-bond donors (Lipinski definition) is 2. The number of carbonyl (C=O) groups is 1. The fourth-order valence-corrected chi connectivity index (χ4v) is 5.17. The lowest BCUT2D eigenvalue weighted by Crippen LogP contribution is -2.28. The standard InChI is InChI=1S/C24H27N3O4S/c1-2-32(29,30)31-22-9-7-18(23-19(22)14-25-24(23)28)21-13-17-12-16(6-8-20(17)26-21)15-27-10-4-3-5-11-27/h6-9,12-13,26H,2-5,10-11,14-15H2,1H3,(H,25,28). The third kappa shape index (κ3) is 4.00. The van der Waals surface area contributed by atoms with Crippen molar-refractivity contribution in [2.45, 2.75) is 39.3 Å². The van der Waals surface area contributed by atoms with E-state index in [1.165, 1.54) is 31.7 Å². The first-order valence-electron chi connectivity index (χ1n) is 11.1. The molecule has 2 aliphatic rings. The number of nitrogens with zero attached hydrogens (tertiary/aromatic N) is 1. The van der Waals surface area contributed by atoms with Crippen LogP contribution in [0.2, 0.25) is 0 Å². The lowest BCUT2D eigenvalue weighted by atomic mass is 9.99. The molecular formula is C24H27N3O4S. The maximum Gasteiger partial charge on any atom is 0.308 e. The van der Waals surface area contributed by atoms with Gasteiger partial charge in [0.15, 0.2) is 0 Å². The van der Waals surface area contributed by atoms with Gasteiger partial charge in [-0.2, -0.15) is 8.42 Å². The van der Waals surface area contributed by atoms with E-state index in [1.54, 1.807) is 12.1 Å². The van der Waals surface area contributed by atoms with Crippen LogP contribution in [0, 0.1) is 0 Å². The topological polar surface area (TPSA) is 91.5 Å². The third-order valence-corrected chi connectivity index (χ3v) is 7.46. The zero-order chi connectivity index (χ0) is 22.3. The number of carbonyl (C=O) groups excluding carboxylic acids is 1. The normalized spacial score (nSPS) is 16.8. The summed E-state index contributed by atoms with van der Waals surface area (Å²) in [7, 11) is -3.68. The van der Waals surface area contributed by atoms with E-state index in [1.807, 2.05) is 0 Å². The number of benzene rings is 2. The first kappa shape index (κ1) is 21.0. The molecule has 7 nitrogen and oxygen atoms in total. The number of rotatable bonds is 6. The molecule has 1 saturated heterocycles. The summed E-state index contributed by atoms with van der Waals surface area (Å²) in [6.07, 6.45) is 3.86. The van der Waals surface area contributed by atoms with Gasteiger partial charge in [0.25, 0.3) is 5.91 Å². The molecule has 1 fully saturated rings. The smallest absolute Gasteiger partial charge is 0.308 e. The van der Waals surface area contributed by atoms with Crippen LogP contribution in [-0.2, 0) is 23.2 Å². The first-order valence-corrected chi connectivity index (χ1v) is 12.7. The molecule has 0 saturated carbocycles. The highest BCUT2D eigenvalue weighted by molar-refractivity contribution is 7.87. The number of amides is 1. The van der Waals surface area contributed by atoms with E-state index in [-0.39, 0.29) is 24.0 Å². The predicted molar refractivity (Wildman–Crippen MR) is 124 cm³/mol. The van der Waals surface area contributed by atoms with Gasteiger partial charge in [-0.25, -0.2) is 0 Å². The van der Waals surface area contributed by atoms with Crippen molar-refractivity contribution in [3.63, 3.8) is 0 Å². The van der Waals surface area contributed by atoms with Gasteiger partial charge in [-0.15, -0.1) is 0 Å². The first-order chi connectivity index (χ1) is 15.4. The maximum absolute atomic E-state index is 12.6. The van der Waals surface area contributed by atoms with Crippen molar-refractivity contribution in [1.29, 1.82) is 0 Å². The number of fused-ring (bicyclic) bond motifs is 2. The van der Waals surface area contributed by atoms with Crippen LogP contribution < -0.4 is 9.50 Å². The second-order valence-corrected chi connectivity index (χ2v) is 10.4. The van der Waals surface area contributed by atoms with E-state index in [2.05, 4.69) is 39.5 Å². The Kier molecular flexibility index (Phi) is 5.43. The van der Waals surface area contributed by atoms with E-state index >= 15 is 0 Å². The highest BCUT2D eigenvalue weighted by atomic mass is 32.2. The second-order valence-electron chi connectivity index (χ2n) is 8.52. The molecule has 1 amide bonds. The number of likely N-dealkylation sites (tertiary alicyclic amines) is 1. The molecule has 5 rings (SSSR count). The molecule has 0 unspecified atom stereocenters. The number of H-pyrrole nitrogens is 1. The lowest BCUT2D eigenvalue weighted by Gasteiger charge is -2.26. The summed E-state index contributed by atoms with van der Waals surface area (Å²) in [6.45, 7) is 5.03. The Bertz CT molecular complexity index is 1290. The monoisotopic (exact) mass is 453 g/mol. The van der Waals surface area contributed by atoms with Crippen molar-refractivity contribution >= 4 is 26.9 Å². The van der Waals surface area contributed by atoms with Crippen molar-refractivity contribution in [3.8, 4) is 17.0 Å². The predicted octanol–water partition coefficient (Wildman–Crippen LogP) is 3.79. The summed E-state index contributed by atoms with van der Waals surface area (Å²) in [5, 5.41) is 3.89. The van der Waals surface area contributed by atoms with Crippen molar-refractivity contribution in [1.82, 2.24) is 15.2 Å². The molecular weight excluding hydrogens is 426 g/mol. The van der Waals surface area contributed by atoms with Crippen molar-refractivity contribution in [2.24, 2.45) is 0 Å². The molecule has 1 aromatic heterocycles. The van der Waals surface area contributed by atoms with E-state index in [0.29, 0.717) is 11.1 Å². The van der Waals surface area contributed by atoms with Crippen LogP contribution >= 0.6 is 0 Å². The SMILES string of the molecule is CCS(=O)(=O)Oc1ccc(-c2cc3cc(CN4CCCCC4)ccc3[nH]2)c2c1CNC2=O. The summed E-state index contributed by atoms with van der Waals surface area (Å²) in [4.78, 5) is 18.5. The van der Waals surface area contributed by atoms with Crippen LogP contribution in [0.3, 0.4) is 0 Å². The fraction of sp³-hybridized carbons (Fsp3) is 0.375. The molecule has 168 valence electrons. The molecule has 3 heterocycles. The third-order valence-electron chi connectivity index (χ3n) is 6.32. The molecule has 32 heavy (non-hydrogen) atoms. The largest absolute Gasteiger partial charge is 0.382 e. The van der Waals surface area contributed by atoms with E-state index in [0.717, 1.165) is 41.8 Å². The van der Waals surface area contributed by atoms with Crippen LogP contribution in [-0.4, -0.2) is 43.1 Å². The Labute approximate surface area is 187 Å². The minimum Gasteiger partial charge on any atom is -0.382 e. The fourth-order valence-electron chi connectivity index (χ4n) is 4.62. The van der Waals surface area contributed by atoms with Crippen LogP contribution in [0.15, 0.2) is 36.4 Å². The van der Waals surface area contributed by atoms with Gasteiger partial charge in [0.1, 0.15) is 5.75 Å². The van der Waals surface area contributed by atoms with Crippen LogP contribution in [0.25, 0.3) is 22.2 Å². The zero-order valence-electron chi connectivity index (χ0n) is 18.1. The molecule has 2 aliphatic heterocycles. The summed E-state index contributed by atoms with van der Waals surface area (Å²) in [5.74, 6) is -0.144. The average Bonchev–Trinajstić information content (AvgIpc) is 3.38. The van der Waals surface area contributed by atoms with Crippen molar-refractivity contribution < 1.29 is 17.4 Å². The van der Waals surface area contributed by atoms with E-state index in [4.69, 9.17) is 4.18 Å². The Morgan fingerprint density at radius 2 is 1.88 bits per heavy atom. The molecule has 8 heteroatoms. The van der Waals surface area contributed by atoms with Gasteiger partial charge in [-0.05, 0) is 68.8 Å². The van der Waals surface area contributed by atoms with E-state index in [9.17, 15) is 13.2 Å². The van der Waals surface area contributed by atoms with Gasteiger partial charge < -0.3 is 14.5 Å². The Morgan fingerprint density at radius 1 is 1.06 bits per heavy atom. The van der Waals surface area contributed by atoms with Crippen molar-refractivity contribution in [3.05, 3.63) is 53.1 Å². The van der Waals surface area contributed by atoms with Crippen LogP contribution in [0.5, 0.6) is 5.75 Å². The van der Waals surface area contributed by atoms with Crippen molar-refractivity contribution in [2.75, 3.05) is 18.8 Å². The summed E-state index contributed by atoms with van der Waals surface area (Å²) < 4.78 is 29.2. The maximum atomic E-state index is 12.6. The number of aromatic amines is 1. The summed E-state index contributed by atoms with van der Waals surface area (Å²) in [6, 6.07) is 11.9.